The highest BCUT2D eigenvalue weighted by molar-refractivity contribution is 6.32. The first kappa shape index (κ1) is 16.6. The summed E-state index contributed by atoms with van der Waals surface area (Å²) >= 11 is 0. The van der Waals surface area contributed by atoms with Crippen molar-refractivity contribution < 1.29 is 0 Å². The zero-order valence-electron chi connectivity index (χ0n) is 15.4. The molecule has 0 bridgehead atoms. The minimum absolute atomic E-state index is 0.553. The molecule has 3 aromatic carbocycles. The first-order valence-electron chi connectivity index (χ1n) is 8.87. The molecule has 0 amide bonds. The van der Waals surface area contributed by atoms with Gasteiger partial charge in [-0.2, -0.15) is 0 Å². The maximum atomic E-state index is 6.06. The molecule has 2 heteroatoms. The predicted molar refractivity (Wildman–Crippen MR) is 112 cm³/mol. The molecule has 0 spiro atoms. The van der Waals surface area contributed by atoms with E-state index in [2.05, 4.69) is 86.4 Å². The number of aryl methyl sites for hydroxylation is 3. The second-order valence-corrected chi connectivity index (χ2v) is 6.96. The fourth-order valence-corrected chi connectivity index (χ4v) is 3.68. The summed E-state index contributed by atoms with van der Waals surface area (Å²) in [4.78, 5) is 4.62. The van der Waals surface area contributed by atoms with Crippen molar-refractivity contribution >= 4 is 24.2 Å². The van der Waals surface area contributed by atoms with Crippen LogP contribution in [0.2, 0.25) is 0 Å². The summed E-state index contributed by atoms with van der Waals surface area (Å²) in [7, 11) is 6.06. The van der Waals surface area contributed by atoms with E-state index in [4.69, 9.17) is 7.85 Å². The molecule has 0 aliphatic heterocycles. The third-order valence-electron chi connectivity index (χ3n) is 4.93. The van der Waals surface area contributed by atoms with E-state index >= 15 is 0 Å². The molecule has 0 fully saturated rings. The Morgan fingerprint density at radius 3 is 2.08 bits per heavy atom. The topological polar surface area (TPSA) is 12.9 Å². The van der Waals surface area contributed by atoms with Gasteiger partial charge in [-0.25, -0.2) is 0 Å². The minimum Gasteiger partial charge on any atom is -0.264 e. The zero-order valence-corrected chi connectivity index (χ0v) is 15.4. The third-order valence-corrected chi connectivity index (χ3v) is 4.93. The molecule has 124 valence electrons. The van der Waals surface area contributed by atoms with Crippen LogP contribution in [-0.4, -0.2) is 12.8 Å². The molecule has 0 aliphatic carbocycles. The molecular formula is C24H20BN. The number of pyridine rings is 1. The third kappa shape index (κ3) is 2.92. The SMILES string of the molecule is [B]c1cc2cc(C)ccc2c(-c2ccc(-c3c(C)cccc3C)cc2)n1. The Bertz CT molecular complexity index is 1090. The van der Waals surface area contributed by atoms with Gasteiger partial charge in [0.05, 0.1) is 5.69 Å². The van der Waals surface area contributed by atoms with Gasteiger partial charge < -0.3 is 0 Å². The van der Waals surface area contributed by atoms with Crippen LogP contribution >= 0.6 is 0 Å². The van der Waals surface area contributed by atoms with E-state index in [1.54, 1.807) is 0 Å². The van der Waals surface area contributed by atoms with E-state index in [0.717, 1.165) is 22.0 Å². The number of aromatic nitrogens is 1. The Morgan fingerprint density at radius 2 is 1.38 bits per heavy atom. The normalized spacial score (nSPS) is 11.0. The predicted octanol–water partition coefficient (Wildman–Crippen LogP) is 5.29. The summed E-state index contributed by atoms with van der Waals surface area (Å²) < 4.78 is 0. The Labute approximate surface area is 156 Å². The molecule has 1 aromatic heterocycles. The highest BCUT2D eigenvalue weighted by atomic mass is 14.7. The summed E-state index contributed by atoms with van der Waals surface area (Å²) in [6.07, 6.45) is 0. The van der Waals surface area contributed by atoms with Gasteiger partial charge in [-0.15, -0.1) is 0 Å². The van der Waals surface area contributed by atoms with Crippen LogP contribution in [0.4, 0.5) is 0 Å². The Balaban J connectivity index is 1.84. The summed E-state index contributed by atoms with van der Waals surface area (Å²) in [5.41, 5.74) is 8.92. The molecule has 2 radical (unpaired) electrons. The quantitative estimate of drug-likeness (QED) is 0.454. The molecule has 0 unspecified atom stereocenters. The van der Waals surface area contributed by atoms with Crippen molar-refractivity contribution in [3.63, 3.8) is 0 Å². The van der Waals surface area contributed by atoms with Crippen LogP contribution < -0.4 is 5.59 Å². The van der Waals surface area contributed by atoms with Crippen LogP contribution in [0.5, 0.6) is 0 Å². The van der Waals surface area contributed by atoms with Crippen molar-refractivity contribution in [2.24, 2.45) is 0 Å². The van der Waals surface area contributed by atoms with E-state index in [1.165, 1.54) is 27.8 Å². The van der Waals surface area contributed by atoms with Gasteiger partial charge in [0.1, 0.15) is 7.85 Å². The van der Waals surface area contributed by atoms with Crippen molar-refractivity contribution in [2.75, 3.05) is 0 Å². The maximum absolute atomic E-state index is 6.06. The molecule has 0 atom stereocenters. The molecule has 1 heterocycles. The van der Waals surface area contributed by atoms with Crippen LogP contribution in [0.25, 0.3) is 33.2 Å². The summed E-state index contributed by atoms with van der Waals surface area (Å²) in [6, 6.07) is 23.4. The molecule has 0 aliphatic rings. The van der Waals surface area contributed by atoms with Crippen molar-refractivity contribution in [3.8, 4) is 22.4 Å². The average Bonchev–Trinajstić information content (AvgIpc) is 2.61. The highest BCUT2D eigenvalue weighted by Gasteiger charge is 2.09. The van der Waals surface area contributed by atoms with Crippen LogP contribution in [0, 0.1) is 20.8 Å². The van der Waals surface area contributed by atoms with E-state index in [-0.39, 0.29) is 0 Å². The number of fused-ring (bicyclic) bond motifs is 1. The van der Waals surface area contributed by atoms with Crippen molar-refractivity contribution in [2.45, 2.75) is 20.8 Å². The number of rotatable bonds is 2. The summed E-state index contributed by atoms with van der Waals surface area (Å²) in [5.74, 6) is 0. The molecule has 4 aromatic rings. The van der Waals surface area contributed by atoms with Gasteiger partial charge in [-0.1, -0.05) is 66.2 Å². The second kappa shape index (κ2) is 6.46. The Kier molecular flexibility index (Phi) is 4.12. The van der Waals surface area contributed by atoms with Crippen molar-refractivity contribution in [1.82, 2.24) is 4.98 Å². The van der Waals surface area contributed by atoms with E-state index in [9.17, 15) is 0 Å². The average molecular weight is 333 g/mol. The van der Waals surface area contributed by atoms with E-state index < -0.39 is 0 Å². The van der Waals surface area contributed by atoms with Crippen molar-refractivity contribution in [1.29, 1.82) is 0 Å². The Hall–Kier alpha value is -2.87. The number of hydrogen-bond acceptors (Lipinski definition) is 1. The first-order valence-corrected chi connectivity index (χ1v) is 8.87. The molecule has 1 nitrogen and oxygen atoms in total. The second-order valence-electron chi connectivity index (χ2n) is 6.96. The number of benzene rings is 3. The lowest BCUT2D eigenvalue weighted by Gasteiger charge is -2.12. The summed E-state index contributed by atoms with van der Waals surface area (Å²) in [6.45, 7) is 6.41. The standard InChI is InChI=1S/C24H20BN/c1-15-7-12-21-20(13-15)14-22(25)26-24(21)19-10-8-18(9-11-19)23-16(2)5-4-6-17(23)3/h4-14H,1-3H3. The molecule has 0 saturated carbocycles. The van der Waals surface area contributed by atoms with Crippen LogP contribution in [0.15, 0.2) is 66.7 Å². The van der Waals surface area contributed by atoms with Gasteiger partial charge in [0.2, 0.25) is 0 Å². The highest BCUT2D eigenvalue weighted by Crippen LogP contribution is 2.31. The zero-order chi connectivity index (χ0) is 18.3. The molecular weight excluding hydrogens is 313 g/mol. The lowest BCUT2D eigenvalue weighted by molar-refractivity contribution is 1.37. The van der Waals surface area contributed by atoms with Gasteiger partial charge >= 0.3 is 0 Å². The van der Waals surface area contributed by atoms with Gasteiger partial charge in [-0.3, -0.25) is 4.98 Å². The largest absolute Gasteiger partial charge is 0.264 e. The van der Waals surface area contributed by atoms with Gasteiger partial charge in [0.25, 0.3) is 0 Å². The molecule has 0 N–H and O–H groups in total. The fraction of sp³-hybridized carbons (Fsp3) is 0.125. The van der Waals surface area contributed by atoms with E-state index in [0.29, 0.717) is 5.59 Å². The minimum atomic E-state index is 0.553. The number of hydrogen-bond donors (Lipinski definition) is 0. The summed E-state index contributed by atoms with van der Waals surface area (Å²) in [5, 5.41) is 2.26. The van der Waals surface area contributed by atoms with Crippen LogP contribution in [0.1, 0.15) is 16.7 Å². The lowest BCUT2D eigenvalue weighted by atomic mass is 9.93. The fourth-order valence-electron chi connectivity index (χ4n) is 3.68. The number of nitrogens with zero attached hydrogens (tertiary/aromatic N) is 1. The molecule has 0 saturated heterocycles. The van der Waals surface area contributed by atoms with Gasteiger partial charge in [0, 0.05) is 10.9 Å². The van der Waals surface area contributed by atoms with Gasteiger partial charge in [-0.05, 0) is 60.1 Å². The van der Waals surface area contributed by atoms with Crippen LogP contribution in [0.3, 0.4) is 0 Å². The van der Waals surface area contributed by atoms with E-state index in [1.807, 2.05) is 6.07 Å². The lowest BCUT2D eigenvalue weighted by Crippen LogP contribution is -2.09. The van der Waals surface area contributed by atoms with Gasteiger partial charge in [0.15, 0.2) is 0 Å². The van der Waals surface area contributed by atoms with Crippen molar-refractivity contribution in [3.05, 3.63) is 83.4 Å². The molecule has 4 rings (SSSR count). The maximum Gasteiger partial charge on any atom is 0.141 e. The monoisotopic (exact) mass is 333 g/mol. The molecule has 26 heavy (non-hydrogen) atoms. The first-order chi connectivity index (χ1) is 12.5. The Morgan fingerprint density at radius 1 is 0.731 bits per heavy atom. The van der Waals surface area contributed by atoms with Crippen LogP contribution in [-0.2, 0) is 0 Å². The smallest absolute Gasteiger partial charge is 0.141 e.